The molecule has 1 atom stereocenters. The molecular weight excluding hydrogens is 244 g/mol. The van der Waals surface area contributed by atoms with Gasteiger partial charge < -0.3 is 10.6 Å². The van der Waals surface area contributed by atoms with Crippen LogP contribution in [0.25, 0.3) is 0 Å². The van der Waals surface area contributed by atoms with Crippen LogP contribution in [0.15, 0.2) is 4.99 Å². The van der Waals surface area contributed by atoms with E-state index in [-0.39, 0.29) is 13.0 Å². The van der Waals surface area contributed by atoms with Crippen LogP contribution in [0.1, 0.15) is 19.3 Å². The van der Waals surface area contributed by atoms with Crippen molar-refractivity contribution >= 4 is 17.7 Å². The van der Waals surface area contributed by atoms with E-state index in [0.29, 0.717) is 18.8 Å². The molecule has 1 aliphatic carbocycles. The predicted molar refractivity (Wildman–Crippen MR) is 67.7 cm³/mol. The van der Waals surface area contributed by atoms with E-state index < -0.39 is 11.8 Å². The Morgan fingerprint density at radius 1 is 1.41 bits per heavy atom. The van der Waals surface area contributed by atoms with E-state index in [1.807, 2.05) is 16.7 Å². The Bertz CT molecular complexity index is 290. The zero-order valence-corrected chi connectivity index (χ0v) is 10.7. The molecule has 98 valence electrons. The number of aliphatic imine (C=N–C) groups is 1. The molecule has 0 aromatic carbocycles. The number of hydrogen-bond donors (Lipinski definition) is 1. The lowest BCUT2D eigenvalue weighted by Gasteiger charge is -2.27. The molecule has 1 saturated heterocycles. The fourth-order valence-electron chi connectivity index (χ4n) is 2.32. The third-order valence-corrected chi connectivity index (χ3v) is 4.41. The molecule has 0 radical (unpaired) electrons. The fraction of sp³-hybridized carbons (Fsp3) is 0.909. The van der Waals surface area contributed by atoms with Crippen LogP contribution in [-0.4, -0.2) is 47.9 Å². The van der Waals surface area contributed by atoms with Crippen LogP contribution in [-0.2, 0) is 0 Å². The van der Waals surface area contributed by atoms with Crippen molar-refractivity contribution in [2.24, 2.45) is 16.6 Å². The highest BCUT2D eigenvalue weighted by atomic mass is 32.2. The van der Waals surface area contributed by atoms with E-state index in [1.165, 1.54) is 0 Å². The smallest absolute Gasteiger partial charge is 0.252 e. The first kappa shape index (κ1) is 12.9. The molecule has 2 N–H and O–H groups in total. The average molecular weight is 263 g/mol. The number of nitrogens with two attached hydrogens (primary N) is 1. The number of alkyl halides is 2. The molecule has 17 heavy (non-hydrogen) atoms. The van der Waals surface area contributed by atoms with Crippen molar-refractivity contribution in [1.82, 2.24) is 4.90 Å². The highest BCUT2D eigenvalue weighted by Crippen LogP contribution is 2.40. The van der Waals surface area contributed by atoms with Gasteiger partial charge in [-0.25, -0.2) is 8.78 Å². The summed E-state index contributed by atoms with van der Waals surface area (Å²) in [7, 11) is 0. The topological polar surface area (TPSA) is 41.6 Å². The standard InChI is InChI=1S/C11H19F2N3S/c12-11(13)3-1-2-9(11)8-15-10(14)16-4-6-17-7-5-16/h9H,1-8H2,(H2,14,15). The van der Waals surface area contributed by atoms with Gasteiger partial charge in [0.05, 0.1) is 6.54 Å². The summed E-state index contributed by atoms with van der Waals surface area (Å²) >= 11 is 1.89. The lowest BCUT2D eigenvalue weighted by atomic mass is 10.1. The lowest BCUT2D eigenvalue weighted by molar-refractivity contribution is -0.0330. The Hall–Kier alpha value is -0.520. The van der Waals surface area contributed by atoms with Crippen LogP contribution in [0.2, 0.25) is 0 Å². The van der Waals surface area contributed by atoms with Gasteiger partial charge in [0.15, 0.2) is 5.96 Å². The molecule has 0 aromatic heterocycles. The highest BCUT2D eigenvalue weighted by Gasteiger charge is 2.43. The van der Waals surface area contributed by atoms with Crippen molar-refractivity contribution in [3.05, 3.63) is 0 Å². The molecule has 0 bridgehead atoms. The van der Waals surface area contributed by atoms with E-state index >= 15 is 0 Å². The molecule has 1 saturated carbocycles. The molecule has 3 nitrogen and oxygen atoms in total. The fourth-order valence-corrected chi connectivity index (χ4v) is 3.22. The van der Waals surface area contributed by atoms with Crippen LogP contribution in [0, 0.1) is 5.92 Å². The molecule has 2 aliphatic rings. The summed E-state index contributed by atoms with van der Waals surface area (Å²) in [6, 6.07) is 0. The summed E-state index contributed by atoms with van der Waals surface area (Å²) < 4.78 is 26.7. The normalized spacial score (nSPS) is 29.6. The number of thioether (sulfide) groups is 1. The first-order valence-corrected chi connectivity index (χ1v) is 7.25. The van der Waals surface area contributed by atoms with Crippen LogP contribution >= 0.6 is 11.8 Å². The molecule has 0 amide bonds. The maximum Gasteiger partial charge on any atom is 0.252 e. The molecule has 0 aromatic rings. The minimum atomic E-state index is -2.54. The van der Waals surface area contributed by atoms with Gasteiger partial charge in [0, 0.05) is 36.9 Å². The van der Waals surface area contributed by atoms with Crippen molar-refractivity contribution in [3.63, 3.8) is 0 Å². The maximum atomic E-state index is 13.4. The van der Waals surface area contributed by atoms with Gasteiger partial charge in [-0.2, -0.15) is 11.8 Å². The molecule has 1 aliphatic heterocycles. The van der Waals surface area contributed by atoms with Crippen molar-refractivity contribution < 1.29 is 8.78 Å². The largest absolute Gasteiger partial charge is 0.370 e. The zero-order chi connectivity index (χ0) is 12.3. The summed E-state index contributed by atoms with van der Waals surface area (Å²) in [5, 5.41) is 0. The van der Waals surface area contributed by atoms with E-state index in [4.69, 9.17) is 5.73 Å². The summed E-state index contributed by atoms with van der Waals surface area (Å²) in [4.78, 5) is 6.15. The van der Waals surface area contributed by atoms with Crippen molar-refractivity contribution in [2.45, 2.75) is 25.2 Å². The zero-order valence-electron chi connectivity index (χ0n) is 9.87. The van der Waals surface area contributed by atoms with Gasteiger partial charge in [0.1, 0.15) is 0 Å². The number of rotatable bonds is 2. The minimum absolute atomic E-state index is 0.00739. The maximum absolute atomic E-state index is 13.4. The first-order valence-electron chi connectivity index (χ1n) is 6.10. The molecule has 2 fully saturated rings. The third kappa shape index (κ3) is 3.24. The molecule has 1 unspecified atom stereocenters. The monoisotopic (exact) mass is 263 g/mol. The van der Waals surface area contributed by atoms with Gasteiger partial charge in [-0.05, 0) is 12.8 Å². The van der Waals surface area contributed by atoms with Gasteiger partial charge >= 0.3 is 0 Å². The van der Waals surface area contributed by atoms with E-state index in [2.05, 4.69) is 4.99 Å². The Morgan fingerprint density at radius 2 is 2.12 bits per heavy atom. The van der Waals surface area contributed by atoms with Crippen molar-refractivity contribution in [2.75, 3.05) is 31.1 Å². The average Bonchev–Trinajstić information content (AvgIpc) is 2.66. The minimum Gasteiger partial charge on any atom is -0.370 e. The molecule has 6 heteroatoms. The van der Waals surface area contributed by atoms with E-state index in [9.17, 15) is 8.78 Å². The second-order valence-corrected chi connectivity index (χ2v) is 5.87. The molecular formula is C11H19F2N3S. The molecule has 2 rings (SSSR count). The van der Waals surface area contributed by atoms with Gasteiger partial charge in [-0.1, -0.05) is 0 Å². The number of hydrogen-bond acceptors (Lipinski definition) is 2. The van der Waals surface area contributed by atoms with Crippen molar-refractivity contribution in [3.8, 4) is 0 Å². The second kappa shape index (κ2) is 5.42. The quantitative estimate of drug-likeness (QED) is 0.610. The lowest BCUT2D eigenvalue weighted by Crippen LogP contribution is -2.43. The Labute approximate surface area is 105 Å². The van der Waals surface area contributed by atoms with E-state index in [1.54, 1.807) is 0 Å². The third-order valence-electron chi connectivity index (χ3n) is 3.47. The SMILES string of the molecule is NC(=NCC1CCCC1(F)F)N1CCSCC1. The van der Waals surface area contributed by atoms with Gasteiger partial charge in [0.2, 0.25) is 0 Å². The Morgan fingerprint density at radius 3 is 2.71 bits per heavy atom. The van der Waals surface area contributed by atoms with Crippen molar-refractivity contribution in [1.29, 1.82) is 0 Å². The van der Waals surface area contributed by atoms with Crippen LogP contribution in [0.4, 0.5) is 8.78 Å². The predicted octanol–water partition coefficient (Wildman–Crippen LogP) is 1.79. The highest BCUT2D eigenvalue weighted by molar-refractivity contribution is 7.99. The summed E-state index contributed by atoms with van der Waals surface area (Å²) in [6.45, 7) is 1.92. The van der Waals surface area contributed by atoms with Crippen LogP contribution in [0.3, 0.4) is 0 Å². The van der Waals surface area contributed by atoms with Crippen LogP contribution < -0.4 is 5.73 Å². The first-order chi connectivity index (χ1) is 8.09. The molecule has 0 spiro atoms. The van der Waals surface area contributed by atoms with Crippen LogP contribution in [0.5, 0.6) is 0 Å². The number of nitrogens with zero attached hydrogens (tertiary/aromatic N) is 2. The molecule has 1 heterocycles. The van der Waals surface area contributed by atoms with Gasteiger partial charge in [-0.15, -0.1) is 0 Å². The summed E-state index contributed by atoms with van der Waals surface area (Å²) in [5.41, 5.74) is 5.84. The Balaban J connectivity index is 1.86. The summed E-state index contributed by atoms with van der Waals surface area (Å²) in [6.07, 6.45) is 1.18. The van der Waals surface area contributed by atoms with Gasteiger partial charge in [0.25, 0.3) is 5.92 Å². The number of halogens is 2. The number of guanidine groups is 1. The second-order valence-electron chi connectivity index (χ2n) is 4.65. The van der Waals surface area contributed by atoms with Gasteiger partial charge in [-0.3, -0.25) is 4.99 Å². The Kier molecular flexibility index (Phi) is 4.12. The van der Waals surface area contributed by atoms with E-state index in [0.717, 1.165) is 24.6 Å². The summed E-state index contributed by atoms with van der Waals surface area (Å²) in [5.74, 6) is -0.638.